The molecule has 1 aromatic carbocycles. The van der Waals surface area contributed by atoms with Crippen LogP contribution in [0, 0.1) is 0 Å². The first kappa shape index (κ1) is 15.2. The van der Waals surface area contributed by atoms with Gasteiger partial charge in [-0.2, -0.15) is 0 Å². The fourth-order valence-electron chi connectivity index (χ4n) is 2.70. The smallest absolute Gasteiger partial charge is 0.125 e. The summed E-state index contributed by atoms with van der Waals surface area (Å²) in [4.78, 5) is 0. The molecular formula is C17H27NO2. The molecule has 2 rings (SSSR count). The third-order valence-corrected chi connectivity index (χ3v) is 4.02. The molecular weight excluding hydrogens is 250 g/mol. The summed E-state index contributed by atoms with van der Waals surface area (Å²) in [5, 5.41) is 3.58. The Morgan fingerprint density at radius 1 is 1.35 bits per heavy atom. The van der Waals surface area contributed by atoms with E-state index in [-0.39, 0.29) is 5.60 Å². The molecule has 0 bridgehead atoms. The first-order valence-electron chi connectivity index (χ1n) is 7.81. The molecule has 0 radical (unpaired) electrons. The Bertz CT molecular complexity index is 447. The maximum absolute atomic E-state index is 6.21. The number of rotatable bonds is 6. The van der Waals surface area contributed by atoms with E-state index in [1.165, 1.54) is 5.56 Å². The molecule has 0 saturated heterocycles. The van der Waals surface area contributed by atoms with Crippen LogP contribution < -0.4 is 14.8 Å². The van der Waals surface area contributed by atoms with Crippen LogP contribution in [0.25, 0.3) is 0 Å². The fourth-order valence-corrected chi connectivity index (χ4v) is 2.70. The lowest BCUT2D eigenvalue weighted by atomic mass is 9.86. The van der Waals surface area contributed by atoms with Crippen LogP contribution >= 0.6 is 0 Å². The van der Waals surface area contributed by atoms with Gasteiger partial charge in [0.25, 0.3) is 0 Å². The van der Waals surface area contributed by atoms with Gasteiger partial charge in [0.2, 0.25) is 0 Å². The summed E-state index contributed by atoms with van der Waals surface area (Å²) in [6, 6.07) is 6.54. The molecule has 20 heavy (non-hydrogen) atoms. The van der Waals surface area contributed by atoms with Gasteiger partial charge in [-0.1, -0.05) is 20.8 Å². The maximum atomic E-state index is 6.21. The third-order valence-electron chi connectivity index (χ3n) is 4.02. The minimum absolute atomic E-state index is 0.0777. The molecule has 0 fully saturated rings. The largest absolute Gasteiger partial charge is 0.494 e. The molecule has 3 nitrogen and oxygen atoms in total. The highest BCUT2D eigenvalue weighted by molar-refractivity contribution is 5.44. The lowest BCUT2D eigenvalue weighted by Gasteiger charge is -2.40. The number of hydrogen-bond acceptors (Lipinski definition) is 3. The van der Waals surface area contributed by atoms with Crippen LogP contribution in [0.5, 0.6) is 11.5 Å². The van der Waals surface area contributed by atoms with Crippen LogP contribution in [0.15, 0.2) is 18.2 Å². The van der Waals surface area contributed by atoms with Gasteiger partial charge in [0, 0.05) is 18.0 Å². The summed E-state index contributed by atoms with van der Waals surface area (Å²) in [6.07, 6.45) is 3.04. The number of hydrogen-bond donors (Lipinski definition) is 1. The predicted molar refractivity (Wildman–Crippen MR) is 82.6 cm³/mol. The molecule has 1 heterocycles. The van der Waals surface area contributed by atoms with Crippen LogP contribution in [-0.2, 0) is 0 Å². The number of nitrogens with one attached hydrogen (secondary N) is 1. The first-order chi connectivity index (χ1) is 9.61. The lowest BCUT2D eigenvalue weighted by molar-refractivity contribution is 0.0443. The monoisotopic (exact) mass is 277 g/mol. The summed E-state index contributed by atoms with van der Waals surface area (Å²) in [7, 11) is 0. The molecule has 0 aliphatic carbocycles. The van der Waals surface area contributed by atoms with Crippen LogP contribution in [0.1, 0.15) is 58.6 Å². The number of ether oxygens (including phenoxy) is 2. The molecule has 1 aliphatic heterocycles. The Hall–Kier alpha value is -1.22. The van der Waals surface area contributed by atoms with Gasteiger partial charge in [-0.3, -0.25) is 0 Å². The van der Waals surface area contributed by atoms with Gasteiger partial charge < -0.3 is 14.8 Å². The molecule has 0 amide bonds. The SMILES string of the molecule is CCCOc1ccc2c(c1)C(NCC)CC(C)(CC)O2. The van der Waals surface area contributed by atoms with Crippen LogP contribution in [-0.4, -0.2) is 18.8 Å². The highest BCUT2D eigenvalue weighted by Crippen LogP contribution is 2.42. The Morgan fingerprint density at radius 3 is 2.80 bits per heavy atom. The van der Waals surface area contributed by atoms with Crippen molar-refractivity contribution in [1.82, 2.24) is 5.32 Å². The van der Waals surface area contributed by atoms with Crippen molar-refractivity contribution in [3.05, 3.63) is 23.8 Å². The zero-order valence-electron chi connectivity index (χ0n) is 13.2. The van der Waals surface area contributed by atoms with Crippen molar-refractivity contribution >= 4 is 0 Å². The van der Waals surface area contributed by atoms with E-state index in [0.29, 0.717) is 6.04 Å². The first-order valence-corrected chi connectivity index (χ1v) is 7.81. The van der Waals surface area contributed by atoms with E-state index in [2.05, 4.69) is 45.1 Å². The van der Waals surface area contributed by atoms with Gasteiger partial charge in [0.15, 0.2) is 0 Å². The molecule has 2 atom stereocenters. The average molecular weight is 277 g/mol. The van der Waals surface area contributed by atoms with Gasteiger partial charge in [-0.15, -0.1) is 0 Å². The highest BCUT2D eigenvalue weighted by Gasteiger charge is 2.35. The van der Waals surface area contributed by atoms with Crippen molar-refractivity contribution in [3.8, 4) is 11.5 Å². The normalized spacial score (nSPS) is 24.9. The van der Waals surface area contributed by atoms with Gasteiger partial charge in [0.05, 0.1) is 6.61 Å². The molecule has 0 aromatic heterocycles. The van der Waals surface area contributed by atoms with Gasteiger partial charge >= 0.3 is 0 Å². The van der Waals surface area contributed by atoms with Crippen LogP contribution in [0.3, 0.4) is 0 Å². The van der Waals surface area contributed by atoms with Crippen molar-refractivity contribution in [2.45, 2.75) is 58.6 Å². The molecule has 1 aromatic rings. The van der Waals surface area contributed by atoms with E-state index in [1.807, 2.05) is 6.07 Å². The second kappa shape index (κ2) is 6.49. The van der Waals surface area contributed by atoms with Crippen molar-refractivity contribution in [1.29, 1.82) is 0 Å². The molecule has 2 unspecified atom stereocenters. The van der Waals surface area contributed by atoms with Gasteiger partial charge in [-0.05, 0) is 44.5 Å². The van der Waals surface area contributed by atoms with Crippen molar-refractivity contribution in [2.24, 2.45) is 0 Å². The number of fused-ring (bicyclic) bond motifs is 1. The topological polar surface area (TPSA) is 30.5 Å². The average Bonchev–Trinajstić information content (AvgIpc) is 2.45. The van der Waals surface area contributed by atoms with Gasteiger partial charge in [-0.25, -0.2) is 0 Å². The van der Waals surface area contributed by atoms with E-state index < -0.39 is 0 Å². The van der Waals surface area contributed by atoms with Crippen LogP contribution in [0.2, 0.25) is 0 Å². The van der Waals surface area contributed by atoms with Crippen molar-refractivity contribution < 1.29 is 9.47 Å². The standard InChI is InChI=1S/C17H27NO2/c1-5-10-19-13-8-9-16-14(11-13)15(18-7-3)12-17(4,6-2)20-16/h8-9,11,15,18H,5-7,10,12H2,1-4H3. The Labute approximate surface area is 122 Å². The van der Waals surface area contributed by atoms with E-state index in [0.717, 1.165) is 43.9 Å². The zero-order chi connectivity index (χ0) is 14.6. The quantitative estimate of drug-likeness (QED) is 0.850. The second-order valence-corrected chi connectivity index (χ2v) is 5.77. The van der Waals surface area contributed by atoms with E-state index in [4.69, 9.17) is 9.47 Å². The van der Waals surface area contributed by atoms with Crippen LogP contribution in [0.4, 0.5) is 0 Å². The molecule has 3 heteroatoms. The summed E-state index contributed by atoms with van der Waals surface area (Å²) in [6.45, 7) is 10.4. The van der Waals surface area contributed by atoms with E-state index in [1.54, 1.807) is 0 Å². The minimum Gasteiger partial charge on any atom is -0.494 e. The Kier molecular flexibility index (Phi) is 4.92. The van der Waals surface area contributed by atoms with Crippen molar-refractivity contribution in [3.63, 3.8) is 0 Å². The fraction of sp³-hybridized carbons (Fsp3) is 0.647. The molecule has 0 spiro atoms. The molecule has 112 valence electrons. The molecule has 1 N–H and O–H groups in total. The van der Waals surface area contributed by atoms with Gasteiger partial charge in [0.1, 0.15) is 17.1 Å². The molecule has 0 saturated carbocycles. The zero-order valence-corrected chi connectivity index (χ0v) is 13.2. The summed E-state index contributed by atoms with van der Waals surface area (Å²) in [5.41, 5.74) is 1.15. The van der Waals surface area contributed by atoms with E-state index in [9.17, 15) is 0 Å². The Morgan fingerprint density at radius 2 is 2.15 bits per heavy atom. The number of benzene rings is 1. The highest BCUT2D eigenvalue weighted by atomic mass is 16.5. The third kappa shape index (κ3) is 3.26. The molecule has 1 aliphatic rings. The minimum atomic E-state index is -0.0777. The summed E-state index contributed by atoms with van der Waals surface area (Å²) < 4.78 is 12.0. The van der Waals surface area contributed by atoms with E-state index >= 15 is 0 Å². The maximum Gasteiger partial charge on any atom is 0.125 e. The summed E-state index contributed by atoms with van der Waals surface area (Å²) >= 11 is 0. The lowest BCUT2D eigenvalue weighted by Crippen LogP contribution is -2.41. The summed E-state index contributed by atoms with van der Waals surface area (Å²) in [5.74, 6) is 1.94. The predicted octanol–water partition coefficient (Wildman–Crippen LogP) is 4.08. The Balaban J connectivity index is 2.28. The second-order valence-electron chi connectivity index (χ2n) is 5.77. The van der Waals surface area contributed by atoms with Crippen molar-refractivity contribution in [2.75, 3.05) is 13.2 Å².